The fraction of sp³-hybridized carbons (Fsp3) is 0. The summed E-state index contributed by atoms with van der Waals surface area (Å²) in [5, 5.41) is 10.5. The smallest absolute Gasteiger partial charge is 1.00 e. The molecule has 0 nitrogen and oxygen atoms in total. The van der Waals surface area contributed by atoms with Crippen molar-refractivity contribution in [3.05, 3.63) is 158 Å². The van der Waals surface area contributed by atoms with E-state index in [-0.39, 0.29) is 51.0 Å². The minimum atomic E-state index is 0. The van der Waals surface area contributed by atoms with Gasteiger partial charge in [-0.2, -0.15) is 0 Å². The van der Waals surface area contributed by atoms with Crippen molar-refractivity contribution in [2.75, 3.05) is 0 Å². The second-order valence-corrected chi connectivity index (χ2v) is 9.72. The van der Waals surface area contributed by atoms with Crippen LogP contribution in [-0.2, 0) is 26.2 Å². The molecule has 41 heavy (non-hydrogen) atoms. The monoisotopic (exact) mass is 642 g/mol. The zero-order chi connectivity index (χ0) is 25.3. The van der Waals surface area contributed by atoms with Gasteiger partial charge in [-0.15, -0.1) is 48.5 Å². The standard InChI is InChI=1S/2C19H13.2ClH.Zr/c2*1-3-9-16-14(6-1)8-5-11-18(16)19-13-12-15-7-2-4-10-17(15)19;;;/h2*1-13H;2*1H;/q2*-1;;;+4/p-2. The van der Waals surface area contributed by atoms with E-state index < -0.39 is 0 Å². The maximum absolute atomic E-state index is 2.23. The quantitative estimate of drug-likeness (QED) is 0.238. The van der Waals surface area contributed by atoms with Crippen molar-refractivity contribution in [2.45, 2.75) is 0 Å². The Morgan fingerprint density at radius 3 is 1.10 bits per heavy atom. The summed E-state index contributed by atoms with van der Waals surface area (Å²) in [6, 6.07) is 56.2. The van der Waals surface area contributed by atoms with Gasteiger partial charge in [0.1, 0.15) is 0 Å². The van der Waals surface area contributed by atoms with Gasteiger partial charge in [0.25, 0.3) is 0 Å². The van der Waals surface area contributed by atoms with Gasteiger partial charge in [-0.1, -0.05) is 164 Å². The Morgan fingerprint density at radius 1 is 0.317 bits per heavy atom. The third kappa shape index (κ3) is 5.81. The normalized spacial score (nSPS) is 10.3. The average molecular weight is 645 g/mol. The molecule has 0 spiro atoms. The number of rotatable bonds is 2. The maximum atomic E-state index is 2.23. The molecule has 0 radical (unpaired) electrons. The molecule has 196 valence electrons. The predicted octanol–water partition coefficient (Wildman–Crippen LogP) is 4.76. The predicted molar refractivity (Wildman–Crippen MR) is 165 cm³/mol. The summed E-state index contributed by atoms with van der Waals surface area (Å²) in [4.78, 5) is 0. The molecule has 0 fully saturated rings. The minimum Gasteiger partial charge on any atom is -1.00 e. The van der Waals surface area contributed by atoms with Gasteiger partial charge in [0, 0.05) is 0 Å². The molecule has 0 heterocycles. The fourth-order valence-electron chi connectivity index (χ4n) is 5.69. The van der Waals surface area contributed by atoms with Crippen molar-refractivity contribution in [1.29, 1.82) is 0 Å². The third-order valence-electron chi connectivity index (χ3n) is 7.52. The van der Waals surface area contributed by atoms with Gasteiger partial charge in [0.15, 0.2) is 0 Å². The Bertz CT molecular complexity index is 1890. The first kappa shape index (κ1) is 30.5. The van der Waals surface area contributed by atoms with E-state index in [9.17, 15) is 0 Å². The first-order valence-electron chi connectivity index (χ1n) is 13.1. The molecule has 0 amide bonds. The Morgan fingerprint density at radius 2 is 0.659 bits per heavy atom. The topological polar surface area (TPSA) is 0 Å². The molecule has 0 aliphatic heterocycles. The second-order valence-electron chi connectivity index (χ2n) is 9.72. The fourth-order valence-corrected chi connectivity index (χ4v) is 5.69. The van der Waals surface area contributed by atoms with E-state index in [1.165, 1.54) is 65.3 Å². The Labute approximate surface area is 272 Å². The van der Waals surface area contributed by atoms with Crippen molar-refractivity contribution in [1.82, 2.24) is 0 Å². The van der Waals surface area contributed by atoms with Crippen LogP contribution in [0.15, 0.2) is 158 Å². The van der Waals surface area contributed by atoms with Crippen LogP contribution in [0.1, 0.15) is 0 Å². The van der Waals surface area contributed by atoms with Gasteiger partial charge in [0.2, 0.25) is 0 Å². The van der Waals surface area contributed by atoms with Crippen LogP contribution in [0.5, 0.6) is 0 Å². The Hall–Kier alpha value is -3.48. The first-order chi connectivity index (χ1) is 18.9. The molecule has 8 aromatic rings. The van der Waals surface area contributed by atoms with Crippen molar-refractivity contribution in [3.63, 3.8) is 0 Å². The van der Waals surface area contributed by atoms with E-state index in [1.807, 2.05) is 0 Å². The summed E-state index contributed by atoms with van der Waals surface area (Å²) >= 11 is 0. The number of hydrogen-bond donors (Lipinski definition) is 0. The van der Waals surface area contributed by atoms with Gasteiger partial charge in [-0.25, -0.2) is 0 Å². The molecular formula is C38H26Cl2Zr. The van der Waals surface area contributed by atoms with Gasteiger partial charge in [0.05, 0.1) is 0 Å². The van der Waals surface area contributed by atoms with Crippen LogP contribution in [-0.4, -0.2) is 0 Å². The summed E-state index contributed by atoms with van der Waals surface area (Å²) in [5.74, 6) is 0. The van der Waals surface area contributed by atoms with Gasteiger partial charge >= 0.3 is 26.2 Å². The van der Waals surface area contributed by atoms with E-state index in [1.54, 1.807) is 0 Å². The number of halogens is 2. The summed E-state index contributed by atoms with van der Waals surface area (Å²) in [5.41, 5.74) is 5.29. The van der Waals surface area contributed by atoms with E-state index in [4.69, 9.17) is 0 Å². The molecule has 0 aromatic heterocycles. The van der Waals surface area contributed by atoms with Crippen molar-refractivity contribution >= 4 is 43.1 Å². The molecule has 8 aromatic carbocycles. The van der Waals surface area contributed by atoms with Crippen LogP contribution in [0.2, 0.25) is 0 Å². The first-order valence-corrected chi connectivity index (χ1v) is 13.1. The molecular weight excluding hydrogens is 619 g/mol. The minimum absolute atomic E-state index is 0. The van der Waals surface area contributed by atoms with Crippen LogP contribution in [0, 0.1) is 0 Å². The third-order valence-corrected chi connectivity index (χ3v) is 7.52. The maximum Gasteiger partial charge on any atom is 4.00 e. The van der Waals surface area contributed by atoms with E-state index >= 15 is 0 Å². The molecule has 0 saturated carbocycles. The molecule has 0 saturated heterocycles. The van der Waals surface area contributed by atoms with Crippen molar-refractivity contribution in [3.8, 4) is 22.3 Å². The molecule has 0 aliphatic carbocycles. The summed E-state index contributed by atoms with van der Waals surface area (Å²) in [7, 11) is 0. The molecule has 8 rings (SSSR count). The van der Waals surface area contributed by atoms with Crippen LogP contribution in [0.4, 0.5) is 0 Å². The number of hydrogen-bond acceptors (Lipinski definition) is 0. The van der Waals surface area contributed by atoms with Gasteiger partial charge in [-0.3, -0.25) is 0 Å². The van der Waals surface area contributed by atoms with Crippen LogP contribution in [0.3, 0.4) is 0 Å². The summed E-state index contributed by atoms with van der Waals surface area (Å²) in [6.07, 6.45) is 0. The van der Waals surface area contributed by atoms with Crippen molar-refractivity contribution < 1.29 is 51.0 Å². The van der Waals surface area contributed by atoms with Gasteiger partial charge in [-0.05, 0) is 10.8 Å². The summed E-state index contributed by atoms with van der Waals surface area (Å²) < 4.78 is 0. The molecule has 0 atom stereocenters. The van der Waals surface area contributed by atoms with Crippen molar-refractivity contribution in [2.24, 2.45) is 0 Å². The molecule has 0 N–H and O–H groups in total. The Balaban J connectivity index is 0.000000176. The number of benzene rings is 6. The number of fused-ring (bicyclic) bond motifs is 4. The van der Waals surface area contributed by atoms with Crippen LogP contribution < -0.4 is 24.8 Å². The molecule has 0 unspecified atom stereocenters. The second kappa shape index (κ2) is 13.5. The SMILES string of the molecule is [Cl-].[Cl-].[Zr+4].c1ccc2c(-[c-]3ccc4ccccc43)cccc2c1.c1ccc2c(-[c-]3ccc4ccccc43)cccc2c1. The van der Waals surface area contributed by atoms with E-state index in [0.29, 0.717) is 0 Å². The average Bonchev–Trinajstić information content (AvgIpc) is 3.62. The van der Waals surface area contributed by atoms with Gasteiger partial charge < -0.3 is 24.8 Å². The Kier molecular flexibility index (Phi) is 10.0. The molecule has 3 heteroatoms. The van der Waals surface area contributed by atoms with Crippen LogP contribution in [0.25, 0.3) is 65.3 Å². The van der Waals surface area contributed by atoms with E-state index in [2.05, 4.69) is 158 Å². The van der Waals surface area contributed by atoms with Crippen LogP contribution >= 0.6 is 0 Å². The molecule has 0 bridgehead atoms. The summed E-state index contributed by atoms with van der Waals surface area (Å²) in [6.45, 7) is 0. The largest absolute Gasteiger partial charge is 4.00 e. The zero-order valence-corrected chi connectivity index (χ0v) is 26.2. The zero-order valence-electron chi connectivity index (χ0n) is 22.3. The molecule has 0 aliphatic rings. The van der Waals surface area contributed by atoms with E-state index in [0.717, 1.165) is 0 Å².